The molecule has 0 heterocycles. The number of aliphatic imine (C=N–C) groups is 1. The van der Waals surface area contributed by atoms with E-state index in [0.29, 0.717) is 10.9 Å². The molecule has 0 unspecified atom stereocenters. The van der Waals surface area contributed by atoms with Crippen LogP contribution < -0.4 is 5.32 Å². The maximum absolute atomic E-state index is 9.99. The van der Waals surface area contributed by atoms with Crippen molar-refractivity contribution in [2.75, 3.05) is 13.1 Å². The van der Waals surface area contributed by atoms with Crippen LogP contribution in [0.2, 0.25) is 0 Å². The van der Waals surface area contributed by atoms with E-state index in [9.17, 15) is 4.79 Å². The van der Waals surface area contributed by atoms with Crippen molar-refractivity contribution in [3.63, 3.8) is 0 Å². The monoisotopic (exact) mass is 596 g/mol. The van der Waals surface area contributed by atoms with Gasteiger partial charge in [0.05, 0.1) is 6.54 Å². The average molecular weight is 597 g/mol. The summed E-state index contributed by atoms with van der Waals surface area (Å²) in [6.07, 6.45) is 45.1. The number of thiocarbonyl (C=S) groups is 1. The van der Waals surface area contributed by atoms with Crippen molar-refractivity contribution in [2.45, 2.75) is 199 Å². The summed E-state index contributed by atoms with van der Waals surface area (Å²) in [5.41, 5.74) is 0. The number of isocyanates is 1. The third-order valence-electron chi connectivity index (χ3n) is 8.29. The lowest BCUT2D eigenvalue weighted by molar-refractivity contribution is 0.512. The number of carbonyl (C=O) groups excluding carboxylic acids is 1. The lowest BCUT2D eigenvalue weighted by atomic mass is 10.0. The Labute approximate surface area is 261 Å². The summed E-state index contributed by atoms with van der Waals surface area (Å²) in [4.78, 5) is 13.6. The minimum atomic E-state index is 0.625. The second-order valence-corrected chi connectivity index (χ2v) is 13.3. The van der Waals surface area contributed by atoms with Gasteiger partial charge in [-0.05, 0) is 12.8 Å². The van der Waals surface area contributed by atoms with Crippen molar-refractivity contribution in [2.24, 2.45) is 4.99 Å². The van der Waals surface area contributed by atoms with Gasteiger partial charge in [0, 0.05) is 6.54 Å². The molecule has 0 aliphatic heterocycles. The molecular weight excluding hydrogens is 529 g/mol. The molecule has 0 bridgehead atoms. The maximum Gasteiger partial charge on any atom is 0.234 e. The van der Waals surface area contributed by atoms with E-state index in [4.69, 9.17) is 12.2 Å². The van der Waals surface area contributed by atoms with Crippen LogP contribution in [0.15, 0.2) is 4.99 Å². The Bertz CT molecular complexity index is 518. The molecule has 0 spiro atoms. The molecule has 0 saturated carbocycles. The van der Waals surface area contributed by atoms with Crippen LogP contribution in [0.1, 0.15) is 199 Å². The fourth-order valence-corrected chi connectivity index (χ4v) is 5.90. The first-order chi connectivity index (χ1) is 19.8. The Morgan fingerprint density at radius 1 is 0.450 bits per heavy atom. The van der Waals surface area contributed by atoms with Crippen molar-refractivity contribution >= 4 is 35.2 Å². The molecule has 5 heteroatoms. The van der Waals surface area contributed by atoms with Crippen LogP contribution in [-0.4, -0.2) is 23.5 Å². The standard InChI is InChI=1S/C35H68N2OS2/c38-34-36-32-30-28-26-24-22-20-18-16-14-12-10-8-6-4-2-1-3-5-7-9-11-13-15-17-19-21-23-25-27-29-31-33-37-35(39)40/h1-33H2,(H2,37,39,40). The van der Waals surface area contributed by atoms with Crippen LogP contribution in [0.5, 0.6) is 0 Å². The van der Waals surface area contributed by atoms with E-state index in [2.05, 4.69) is 22.9 Å². The lowest BCUT2D eigenvalue weighted by Gasteiger charge is -2.05. The number of nitrogens with one attached hydrogen (secondary N) is 1. The summed E-state index contributed by atoms with van der Waals surface area (Å²) in [5, 5.41) is 3.11. The Hall–Kier alpha value is -0.380. The second kappa shape index (κ2) is 36.6. The number of unbranched alkanes of at least 4 members (excludes halogenated alkanes) is 30. The molecule has 236 valence electrons. The first-order valence-corrected chi connectivity index (χ1v) is 18.6. The van der Waals surface area contributed by atoms with Crippen LogP contribution in [-0.2, 0) is 4.79 Å². The summed E-state index contributed by atoms with van der Waals surface area (Å²) in [7, 11) is 0. The maximum atomic E-state index is 9.99. The Morgan fingerprint density at radius 2 is 0.675 bits per heavy atom. The highest BCUT2D eigenvalue weighted by Crippen LogP contribution is 2.16. The molecular formula is C35H68N2OS2. The zero-order valence-electron chi connectivity index (χ0n) is 26.5. The van der Waals surface area contributed by atoms with E-state index in [0.717, 1.165) is 13.0 Å². The van der Waals surface area contributed by atoms with E-state index in [-0.39, 0.29) is 0 Å². The zero-order valence-corrected chi connectivity index (χ0v) is 28.3. The second-order valence-electron chi connectivity index (χ2n) is 12.2. The van der Waals surface area contributed by atoms with Crippen molar-refractivity contribution in [3.8, 4) is 0 Å². The fourth-order valence-electron chi connectivity index (χ4n) is 5.68. The molecule has 40 heavy (non-hydrogen) atoms. The number of thiol groups is 1. The molecule has 0 saturated heterocycles. The van der Waals surface area contributed by atoms with E-state index in [1.165, 1.54) is 193 Å². The predicted octanol–water partition coefficient (Wildman–Crippen LogP) is 12.2. The van der Waals surface area contributed by atoms with Gasteiger partial charge in [0.15, 0.2) is 0 Å². The Morgan fingerprint density at radius 3 is 0.900 bits per heavy atom. The van der Waals surface area contributed by atoms with Gasteiger partial charge in [-0.15, -0.1) is 12.6 Å². The minimum absolute atomic E-state index is 0.625. The van der Waals surface area contributed by atoms with Crippen LogP contribution in [0.25, 0.3) is 0 Å². The van der Waals surface area contributed by atoms with Gasteiger partial charge in [-0.2, -0.15) is 0 Å². The quantitative estimate of drug-likeness (QED) is 0.0255. The van der Waals surface area contributed by atoms with Crippen LogP contribution in [0, 0.1) is 0 Å². The highest BCUT2D eigenvalue weighted by molar-refractivity contribution is 8.11. The molecule has 1 N–H and O–H groups in total. The third-order valence-corrected chi connectivity index (χ3v) is 8.59. The Balaban J connectivity index is 3.04. The number of rotatable bonds is 34. The van der Waals surface area contributed by atoms with Gasteiger partial charge in [-0.1, -0.05) is 198 Å². The molecule has 0 rings (SSSR count). The van der Waals surface area contributed by atoms with E-state index in [1.807, 2.05) is 0 Å². The van der Waals surface area contributed by atoms with Gasteiger partial charge in [-0.3, -0.25) is 0 Å². The normalized spacial score (nSPS) is 11.0. The first kappa shape index (κ1) is 39.6. The summed E-state index contributed by atoms with van der Waals surface area (Å²) < 4.78 is 0.625. The molecule has 0 aliphatic rings. The van der Waals surface area contributed by atoms with Gasteiger partial charge < -0.3 is 5.32 Å². The molecule has 0 aromatic carbocycles. The molecule has 0 radical (unpaired) electrons. The van der Waals surface area contributed by atoms with Gasteiger partial charge in [0.25, 0.3) is 0 Å². The predicted molar refractivity (Wildman–Crippen MR) is 186 cm³/mol. The van der Waals surface area contributed by atoms with E-state index >= 15 is 0 Å². The molecule has 0 fully saturated rings. The first-order valence-electron chi connectivity index (χ1n) is 17.8. The molecule has 0 atom stereocenters. The summed E-state index contributed by atoms with van der Waals surface area (Å²) in [6.45, 7) is 1.65. The van der Waals surface area contributed by atoms with E-state index in [1.54, 1.807) is 6.08 Å². The number of nitrogens with zero attached hydrogens (tertiary/aromatic N) is 1. The highest BCUT2D eigenvalue weighted by Gasteiger charge is 1.97. The van der Waals surface area contributed by atoms with Crippen LogP contribution in [0.3, 0.4) is 0 Å². The highest BCUT2D eigenvalue weighted by atomic mass is 32.1. The largest absolute Gasteiger partial charge is 0.371 e. The van der Waals surface area contributed by atoms with Gasteiger partial charge in [-0.25, -0.2) is 9.79 Å². The van der Waals surface area contributed by atoms with Crippen LogP contribution in [0.4, 0.5) is 0 Å². The minimum Gasteiger partial charge on any atom is -0.371 e. The van der Waals surface area contributed by atoms with Crippen molar-refractivity contribution in [1.29, 1.82) is 0 Å². The SMILES string of the molecule is O=C=NCCCCCCCCCCCCCCCCCCCCCCCCCCCCCCCCCNC(=S)S. The van der Waals surface area contributed by atoms with Crippen molar-refractivity contribution in [1.82, 2.24) is 5.32 Å². The molecule has 3 nitrogen and oxygen atoms in total. The number of hydrogen-bond acceptors (Lipinski definition) is 3. The van der Waals surface area contributed by atoms with Gasteiger partial charge in [0.1, 0.15) is 4.32 Å². The molecule has 0 amide bonds. The molecule has 0 aromatic rings. The van der Waals surface area contributed by atoms with Crippen LogP contribution >= 0.6 is 24.8 Å². The van der Waals surface area contributed by atoms with Gasteiger partial charge in [0.2, 0.25) is 6.08 Å². The molecule has 0 aromatic heterocycles. The zero-order chi connectivity index (χ0) is 29.0. The lowest BCUT2D eigenvalue weighted by Crippen LogP contribution is -2.17. The summed E-state index contributed by atoms with van der Waals surface area (Å²) in [5.74, 6) is 0. The molecule has 0 aliphatic carbocycles. The smallest absolute Gasteiger partial charge is 0.234 e. The van der Waals surface area contributed by atoms with E-state index < -0.39 is 0 Å². The summed E-state index contributed by atoms with van der Waals surface area (Å²) in [6, 6.07) is 0. The summed E-state index contributed by atoms with van der Waals surface area (Å²) >= 11 is 8.98. The fraction of sp³-hybridized carbons (Fsp3) is 0.943. The van der Waals surface area contributed by atoms with Gasteiger partial charge >= 0.3 is 0 Å². The topological polar surface area (TPSA) is 41.5 Å². The van der Waals surface area contributed by atoms with Crippen molar-refractivity contribution < 1.29 is 4.79 Å². The number of hydrogen-bond donors (Lipinski definition) is 2. The average Bonchev–Trinajstić information content (AvgIpc) is 2.95. The Kier molecular flexibility index (Phi) is 36.3. The third kappa shape index (κ3) is 37.6. The van der Waals surface area contributed by atoms with Crippen molar-refractivity contribution in [3.05, 3.63) is 0 Å².